The number of hydrogen-bond acceptors (Lipinski definition) is 4. The molecule has 0 saturated heterocycles. The molecule has 1 aromatic heterocycles. The first kappa shape index (κ1) is 12.8. The van der Waals surface area contributed by atoms with Crippen molar-refractivity contribution in [3.05, 3.63) is 24.0 Å². The summed E-state index contributed by atoms with van der Waals surface area (Å²) < 4.78 is 6.86. The fraction of sp³-hybridized carbons (Fsp3) is 0.615. The topological polar surface area (TPSA) is 57.0 Å². The van der Waals surface area contributed by atoms with Crippen LogP contribution in [0.4, 0.5) is 0 Å². The lowest BCUT2D eigenvalue weighted by Crippen LogP contribution is -2.16. The maximum absolute atomic E-state index is 11.7. The van der Waals surface area contributed by atoms with E-state index in [-0.39, 0.29) is 6.61 Å². The van der Waals surface area contributed by atoms with E-state index >= 15 is 0 Å². The van der Waals surface area contributed by atoms with Crippen molar-refractivity contribution in [3.63, 3.8) is 0 Å². The van der Waals surface area contributed by atoms with Gasteiger partial charge in [-0.25, -0.2) is 9.48 Å². The molecule has 0 radical (unpaired) electrons. The summed E-state index contributed by atoms with van der Waals surface area (Å²) in [6.45, 7) is 5.59. The van der Waals surface area contributed by atoms with Crippen LogP contribution in [0.3, 0.4) is 0 Å². The Balaban J connectivity index is 2.12. The second kappa shape index (κ2) is 5.80. The molecular weight excluding hydrogens is 230 g/mol. The summed E-state index contributed by atoms with van der Waals surface area (Å²) >= 11 is 0. The van der Waals surface area contributed by atoms with Gasteiger partial charge in [-0.05, 0) is 19.8 Å². The number of hydrogen-bond donors (Lipinski definition) is 0. The van der Waals surface area contributed by atoms with E-state index in [2.05, 4.69) is 16.9 Å². The third-order valence-electron chi connectivity index (χ3n) is 3.37. The van der Waals surface area contributed by atoms with Gasteiger partial charge in [-0.15, -0.1) is 5.10 Å². The zero-order valence-electron chi connectivity index (χ0n) is 10.8. The molecule has 0 aromatic carbocycles. The summed E-state index contributed by atoms with van der Waals surface area (Å²) in [5.41, 5.74) is 1.12. The van der Waals surface area contributed by atoms with Crippen molar-refractivity contribution in [3.8, 4) is 0 Å². The number of rotatable bonds is 4. The molecule has 0 spiro atoms. The summed E-state index contributed by atoms with van der Waals surface area (Å²) in [6.07, 6.45) is 7.51. The molecule has 5 heteroatoms. The molecule has 0 N–H and O–H groups in total. The van der Waals surface area contributed by atoms with E-state index in [0.717, 1.165) is 18.5 Å². The van der Waals surface area contributed by atoms with Crippen LogP contribution in [0.25, 0.3) is 0 Å². The van der Waals surface area contributed by atoms with Gasteiger partial charge in [-0.1, -0.05) is 37.1 Å². The zero-order chi connectivity index (χ0) is 13.0. The summed E-state index contributed by atoms with van der Waals surface area (Å²) in [5.74, 6) is -0.422. The van der Waals surface area contributed by atoms with Crippen molar-refractivity contribution in [2.24, 2.45) is 0 Å². The molecule has 0 atom stereocenters. The van der Waals surface area contributed by atoms with Crippen molar-refractivity contribution < 1.29 is 9.53 Å². The highest BCUT2D eigenvalue weighted by molar-refractivity contribution is 5.88. The number of aromatic nitrogens is 3. The second-order valence-corrected chi connectivity index (χ2v) is 4.65. The van der Waals surface area contributed by atoms with Gasteiger partial charge in [0.15, 0.2) is 5.69 Å². The van der Waals surface area contributed by atoms with Gasteiger partial charge < -0.3 is 4.74 Å². The maximum Gasteiger partial charge on any atom is 0.361 e. The monoisotopic (exact) mass is 249 g/mol. The Labute approximate surface area is 107 Å². The predicted molar refractivity (Wildman–Crippen MR) is 67.4 cm³/mol. The van der Waals surface area contributed by atoms with Gasteiger partial charge in [-0.3, -0.25) is 0 Å². The Morgan fingerprint density at radius 3 is 2.89 bits per heavy atom. The fourth-order valence-corrected chi connectivity index (χ4v) is 2.40. The Morgan fingerprint density at radius 1 is 1.50 bits per heavy atom. The minimum atomic E-state index is -0.422. The lowest BCUT2D eigenvalue weighted by atomic mass is 9.95. The molecule has 0 aliphatic heterocycles. The number of carbonyl (C=O) groups is 1. The average molecular weight is 249 g/mol. The second-order valence-electron chi connectivity index (χ2n) is 4.65. The van der Waals surface area contributed by atoms with Crippen molar-refractivity contribution in [2.45, 2.75) is 45.1 Å². The SMILES string of the molecule is C=CCOC(=O)c1nnn(C2CCCCC2)c1C. The molecule has 0 unspecified atom stereocenters. The van der Waals surface area contributed by atoms with E-state index in [1.165, 1.54) is 19.3 Å². The summed E-state index contributed by atoms with van der Waals surface area (Å²) in [7, 11) is 0. The fourth-order valence-electron chi connectivity index (χ4n) is 2.40. The van der Waals surface area contributed by atoms with E-state index in [1.807, 2.05) is 11.6 Å². The van der Waals surface area contributed by atoms with E-state index in [1.54, 1.807) is 6.08 Å². The largest absolute Gasteiger partial charge is 0.457 e. The van der Waals surface area contributed by atoms with Gasteiger partial charge in [0.1, 0.15) is 6.61 Å². The van der Waals surface area contributed by atoms with Gasteiger partial charge in [-0.2, -0.15) is 0 Å². The number of esters is 1. The van der Waals surface area contributed by atoms with Crippen molar-refractivity contribution in [1.82, 2.24) is 15.0 Å². The van der Waals surface area contributed by atoms with Crippen LogP contribution in [-0.2, 0) is 4.74 Å². The molecule has 1 fully saturated rings. The average Bonchev–Trinajstić information content (AvgIpc) is 2.79. The predicted octanol–water partition coefficient (Wildman–Crippen LogP) is 2.43. The smallest absolute Gasteiger partial charge is 0.361 e. The van der Waals surface area contributed by atoms with Crippen LogP contribution in [0.2, 0.25) is 0 Å². The van der Waals surface area contributed by atoms with Crippen LogP contribution in [0, 0.1) is 6.92 Å². The van der Waals surface area contributed by atoms with Gasteiger partial charge in [0.05, 0.1) is 11.7 Å². The van der Waals surface area contributed by atoms with Crippen LogP contribution >= 0.6 is 0 Å². The third kappa shape index (κ3) is 2.60. The standard InChI is InChI=1S/C13H19N3O2/c1-3-9-18-13(17)12-10(2)16(15-14-12)11-7-5-4-6-8-11/h3,11H,1,4-9H2,2H3. The number of ether oxygens (including phenoxy) is 1. The summed E-state index contributed by atoms with van der Waals surface area (Å²) in [4.78, 5) is 11.7. The first-order valence-corrected chi connectivity index (χ1v) is 6.44. The first-order valence-electron chi connectivity index (χ1n) is 6.44. The summed E-state index contributed by atoms with van der Waals surface area (Å²) in [6, 6.07) is 0.382. The highest BCUT2D eigenvalue weighted by Crippen LogP contribution is 2.28. The maximum atomic E-state index is 11.7. The van der Waals surface area contributed by atoms with Crippen LogP contribution in [0.15, 0.2) is 12.7 Å². The minimum Gasteiger partial charge on any atom is -0.457 e. The molecule has 0 bridgehead atoms. The first-order chi connectivity index (χ1) is 8.74. The number of nitrogens with zero attached hydrogens (tertiary/aromatic N) is 3. The highest BCUT2D eigenvalue weighted by Gasteiger charge is 2.23. The molecule has 5 nitrogen and oxygen atoms in total. The number of carbonyl (C=O) groups excluding carboxylic acids is 1. The van der Waals surface area contributed by atoms with Crippen LogP contribution < -0.4 is 0 Å². The van der Waals surface area contributed by atoms with Gasteiger partial charge in [0, 0.05) is 0 Å². The lowest BCUT2D eigenvalue weighted by Gasteiger charge is -2.22. The molecular formula is C13H19N3O2. The van der Waals surface area contributed by atoms with E-state index in [0.29, 0.717) is 11.7 Å². The zero-order valence-corrected chi connectivity index (χ0v) is 10.8. The van der Waals surface area contributed by atoms with Gasteiger partial charge >= 0.3 is 5.97 Å². The Hall–Kier alpha value is -1.65. The molecule has 98 valence electrons. The normalized spacial score (nSPS) is 16.5. The van der Waals surface area contributed by atoms with Crippen molar-refractivity contribution >= 4 is 5.97 Å². The Bertz CT molecular complexity index is 433. The highest BCUT2D eigenvalue weighted by atomic mass is 16.5. The molecule has 1 aliphatic carbocycles. The molecule has 1 aromatic rings. The van der Waals surface area contributed by atoms with E-state index < -0.39 is 5.97 Å². The molecule has 1 aliphatic rings. The molecule has 1 heterocycles. The van der Waals surface area contributed by atoms with Crippen molar-refractivity contribution in [1.29, 1.82) is 0 Å². The molecule has 0 amide bonds. The molecule has 1 saturated carbocycles. The quantitative estimate of drug-likeness (QED) is 0.607. The van der Waals surface area contributed by atoms with Crippen molar-refractivity contribution in [2.75, 3.05) is 6.61 Å². The van der Waals surface area contributed by atoms with E-state index in [9.17, 15) is 4.79 Å². The Kier molecular flexibility index (Phi) is 4.12. The minimum absolute atomic E-state index is 0.203. The van der Waals surface area contributed by atoms with Gasteiger partial charge in [0.25, 0.3) is 0 Å². The third-order valence-corrected chi connectivity index (χ3v) is 3.37. The van der Waals surface area contributed by atoms with E-state index in [4.69, 9.17) is 4.74 Å². The Morgan fingerprint density at radius 2 is 2.22 bits per heavy atom. The van der Waals surface area contributed by atoms with Crippen LogP contribution in [0.5, 0.6) is 0 Å². The lowest BCUT2D eigenvalue weighted by molar-refractivity contribution is 0.0542. The summed E-state index contributed by atoms with van der Waals surface area (Å²) in [5, 5.41) is 8.06. The van der Waals surface area contributed by atoms with Crippen LogP contribution in [0.1, 0.15) is 54.3 Å². The van der Waals surface area contributed by atoms with Crippen LogP contribution in [-0.4, -0.2) is 27.6 Å². The molecule has 2 rings (SSSR count). The molecule has 18 heavy (non-hydrogen) atoms. The van der Waals surface area contributed by atoms with Gasteiger partial charge in [0.2, 0.25) is 0 Å².